The third kappa shape index (κ3) is 4.10. The van der Waals surface area contributed by atoms with Crippen LogP contribution in [0.25, 0.3) is 0 Å². The van der Waals surface area contributed by atoms with Crippen LogP contribution in [-0.2, 0) is 14.4 Å². The smallest absolute Gasteiger partial charge is 0.309 e. The monoisotopic (exact) mass is 420 g/mol. The van der Waals surface area contributed by atoms with E-state index < -0.39 is 23.5 Å². The number of amides is 2. The number of aliphatic hydroxyl groups excluding tert-OH is 1. The van der Waals surface area contributed by atoms with E-state index in [4.69, 9.17) is 4.42 Å². The Hall–Kier alpha value is -2.35. The maximum absolute atomic E-state index is 13.7. The molecular weight excluding hydrogens is 388 g/mol. The number of likely N-dealkylation sites (tertiary alicyclic amines) is 2. The van der Waals surface area contributed by atoms with Gasteiger partial charge in [0.2, 0.25) is 11.8 Å². The van der Waals surface area contributed by atoms with Crippen molar-refractivity contribution in [3.63, 3.8) is 0 Å². The van der Waals surface area contributed by atoms with Gasteiger partial charge in [0.15, 0.2) is 0 Å². The molecule has 8 heteroatoms. The number of carboxylic acids is 1. The lowest BCUT2D eigenvalue weighted by Crippen LogP contribution is -2.58. The van der Waals surface area contributed by atoms with Crippen LogP contribution in [-0.4, -0.2) is 63.0 Å². The molecule has 2 N–H and O–H groups in total. The zero-order valence-electron chi connectivity index (χ0n) is 17.6. The average molecular weight is 421 g/mol. The van der Waals surface area contributed by atoms with E-state index in [0.29, 0.717) is 31.6 Å². The van der Waals surface area contributed by atoms with Gasteiger partial charge in [-0.05, 0) is 44.2 Å². The van der Waals surface area contributed by atoms with Crippen LogP contribution >= 0.6 is 0 Å². The van der Waals surface area contributed by atoms with Gasteiger partial charge in [0, 0.05) is 19.5 Å². The number of β-amino-alcohol motifs (C(OH)–C–C–N with tert-alkyl or cyclic N) is 1. The molecule has 2 aliphatic heterocycles. The summed E-state index contributed by atoms with van der Waals surface area (Å²) in [5.41, 5.74) is -1.21. The number of nitrogens with zero attached hydrogens (tertiary/aromatic N) is 2. The standard InChI is InChI=1S/C22H32N2O6/c1-2-3-4-9-18(26)24-19(17-8-7-14-30-17)16(20(27)28)15-22(24)10-5-6-11-23(12-13-25)21(22)29/h7-8,14,16,19,25H,2-6,9-13,15H2,1H3,(H,27,28)/t16-,19+,22-/m0/s1. The zero-order valence-corrected chi connectivity index (χ0v) is 17.6. The number of carbonyl (C=O) groups excluding carboxylic acids is 2. The summed E-state index contributed by atoms with van der Waals surface area (Å²) in [7, 11) is 0. The Morgan fingerprint density at radius 2 is 2.10 bits per heavy atom. The molecule has 0 aromatic carbocycles. The van der Waals surface area contributed by atoms with Crippen LogP contribution in [0.5, 0.6) is 0 Å². The fourth-order valence-electron chi connectivity index (χ4n) is 5.04. The average Bonchev–Trinajstić information content (AvgIpc) is 3.33. The van der Waals surface area contributed by atoms with Crippen molar-refractivity contribution in [2.24, 2.45) is 5.92 Å². The Balaban J connectivity index is 2.07. The molecule has 1 spiro atoms. The topological polar surface area (TPSA) is 111 Å². The molecule has 8 nitrogen and oxygen atoms in total. The fraction of sp³-hybridized carbons (Fsp3) is 0.682. The van der Waals surface area contributed by atoms with Crippen molar-refractivity contribution in [2.75, 3.05) is 19.7 Å². The molecule has 0 radical (unpaired) electrons. The van der Waals surface area contributed by atoms with E-state index in [9.17, 15) is 24.6 Å². The Kier molecular flexibility index (Phi) is 7.18. The maximum atomic E-state index is 13.7. The van der Waals surface area contributed by atoms with Crippen molar-refractivity contribution in [2.45, 2.75) is 69.9 Å². The van der Waals surface area contributed by atoms with Gasteiger partial charge in [-0.3, -0.25) is 14.4 Å². The van der Waals surface area contributed by atoms with Crippen molar-refractivity contribution in [3.8, 4) is 0 Å². The molecule has 0 aliphatic carbocycles. The van der Waals surface area contributed by atoms with Crippen LogP contribution in [0.2, 0.25) is 0 Å². The Morgan fingerprint density at radius 1 is 1.30 bits per heavy atom. The van der Waals surface area contributed by atoms with Gasteiger partial charge in [-0.2, -0.15) is 0 Å². The third-order valence-electron chi connectivity index (χ3n) is 6.42. The van der Waals surface area contributed by atoms with Crippen molar-refractivity contribution in [1.82, 2.24) is 9.80 Å². The van der Waals surface area contributed by atoms with Gasteiger partial charge in [0.05, 0.1) is 18.8 Å². The molecule has 3 atom stereocenters. The van der Waals surface area contributed by atoms with E-state index in [1.807, 2.05) is 0 Å². The van der Waals surface area contributed by atoms with Crippen molar-refractivity contribution in [3.05, 3.63) is 24.2 Å². The minimum absolute atomic E-state index is 0.0635. The summed E-state index contributed by atoms with van der Waals surface area (Å²) in [6, 6.07) is 2.54. The highest BCUT2D eigenvalue weighted by molar-refractivity contribution is 5.94. The van der Waals surface area contributed by atoms with Crippen LogP contribution < -0.4 is 0 Å². The van der Waals surface area contributed by atoms with E-state index in [-0.39, 0.29) is 37.8 Å². The van der Waals surface area contributed by atoms with E-state index in [1.165, 1.54) is 11.2 Å². The first-order valence-electron chi connectivity index (χ1n) is 10.9. The summed E-state index contributed by atoms with van der Waals surface area (Å²) < 4.78 is 5.56. The number of carboxylic acid groups (broad SMARTS) is 1. The summed E-state index contributed by atoms with van der Waals surface area (Å²) in [4.78, 5) is 42.5. The Labute approximate surface area is 176 Å². The van der Waals surface area contributed by atoms with Crippen molar-refractivity contribution < 1.29 is 29.0 Å². The molecule has 3 rings (SSSR count). The first-order chi connectivity index (χ1) is 14.5. The lowest BCUT2D eigenvalue weighted by atomic mass is 9.85. The first kappa shape index (κ1) is 22.3. The minimum atomic E-state index is -1.21. The number of unbranched alkanes of at least 4 members (excludes halogenated alkanes) is 2. The van der Waals surface area contributed by atoms with E-state index in [0.717, 1.165) is 19.3 Å². The third-order valence-corrected chi connectivity index (χ3v) is 6.42. The van der Waals surface area contributed by atoms with Crippen LogP contribution in [0.1, 0.15) is 70.1 Å². The second-order valence-electron chi connectivity index (χ2n) is 8.33. The van der Waals surface area contributed by atoms with Crippen molar-refractivity contribution in [1.29, 1.82) is 0 Å². The van der Waals surface area contributed by atoms with E-state index in [1.54, 1.807) is 17.0 Å². The normalized spacial score (nSPS) is 26.9. The highest BCUT2D eigenvalue weighted by atomic mass is 16.4. The fourth-order valence-corrected chi connectivity index (χ4v) is 5.04. The Morgan fingerprint density at radius 3 is 2.73 bits per heavy atom. The number of aliphatic hydroxyl groups is 1. The molecule has 1 aromatic rings. The van der Waals surface area contributed by atoms with Crippen LogP contribution in [0.4, 0.5) is 0 Å². The number of hydrogen-bond donors (Lipinski definition) is 2. The summed E-state index contributed by atoms with van der Waals surface area (Å²) >= 11 is 0. The van der Waals surface area contributed by atoms with Crippen LogP contribution in [0, 0.1) is 5.92 Å². The zero-order chi connectivity index (χ0) is 21.7. The van der Waals surface area contributed by atoms with E-state index in [2.05, 4.69) is 6.92 Å². The number of aliphatic carboxylic acids is 1. The highest BCUT2D eigenvalue weighted by Gasteiger charge is 2.61. The SMILES string of the molecule is CCCCCC(=O)N1[C@@H](c2ccco2)[C@@H](C(=O)O)C[C@]12CCCCN(CCO)C2=O. The summed E-state index contributed by atoms with van der Waals surface area (Å²) in [5, 5.41) is 19.4. The van der Waals surface area contributed by atoms with Gasteiger partial charge in [-0.15, -0.1) is 0 Å². The quantitative estimate of drug-likeness (QED) is 0.625. The van der Waals surface area contributed by atoms with Crippen LogP contribution in [0.3, 0.4) is 0 Å². The number of carbonyl (C=O) groups is 3. The molecule has 0 saturated carbocycles. The summed E-state index contributed by atoms with van der Waals surface area (Å²) in [6.07, 6.45) is 6.24. The lowest BCUT2D eigenvalue weighted by molar-refractivity contribution is -0.154. The number of furan rings is 1. The second-order valence-corrected chi connectivity index (χ2v) is 8.33. The largest absolute Gasteiger partial charge is 0.481 e. The molecule has 2 aliphatic rings. The van der Waals surface area contributed by atoms with E-state index >= 15 is 0 Å². The second kappa shape index (κ2) is 9.64. The summed E-state index contributed by atoms with van der Waals surface area (Å²) in [6.45, 7) is 2.57. The molecule has 2 fully saturated rings. The molecule has 0 bridgehead atoms. The number of rotatable bonds is 8. The molecule has 3 heterocycles. The minimum Gasteiger partial charge on any atom is -0.481 e. The van der Waals surface area contributed by atoms with Gasteiger partial charge < -0.3 is 24.4 Å². The predicted molar refractivity (Wildman–Crippen MR) is 108 cm³/mol. The maximum Gasteiger partial charge on any atom is 0.309 e. The van der Waals surface area contributed by atoms with Gasteiger partial charge in [-0.25, -0.2) is 0 Å². The first-order valence-corrected chi connectivity index (χ1v) is 10.9. The van der Waals surface area contributed by atoms with Crippen LogP contribution in [0.15, 0.2) is 22.8 Å². The lowest BCUT2D eigenvalue weighted by Gasteiger charge is -2.41. The molecule has 30 heavy (non-hydrogen) atoms. The number of hydrogen-bond acceptors (Lipinski definition) is 5. The highest BCUT2D eigenvalue weighted by Crippen LogP contribution is 2.51. The predicted octanol–water partition coefficient (Wildman–Crippen LogP) is 2.58. The molecule has 166 valence electrons. The molecule has 2 saturated heterocycles. The molecule has 0 unspecified atom stereocenters. The molecule has 2 amide bonds. The Bertz CT molecular complexity index is 749. The van der Waals surface area contributed by atoms with Gasteiger partial charge in [0.25, 0.3) is 0 Å². The summed E-state index contributed by atoms with van der Waals surface area (Å²) in [5.74, 6) is -2.02. The van der Waals surface area contributed by atoms with Gasteiger partial charge in [-0.1, -0.05) is 19.8 Å². The molecular formula is C22H32N2O6. The molecule has 1 aromatic heterocycles. The van der Waals surface area contributed by atoms with Gasteiger partial charge in [0.1, 0.15) is 17.3 Å². The van der Waals surface area contributed by atoms with Crippen molar-refractivity contribution >= 4 is 17.8 Å². The van der Waals surface area contributed by atoms with Gasteiger partial charge >= 0.3 is 5.97 Å².